The van der Waals surface area contributed by atoms with E-state index in [1.54, 1.807) is 6.07 Å². The van der Waals surface area contributed by atoms with Crippen LogP contribution in [-0.4, -0.2) is 19.1 Å². The molecule has 3 aromatic rings. The molecule has 1 aliphatic heterocycles. The fraction of sp³-hybridized carbons (Fsp3) is 0.136. The van der Waals surface area contributed by atoms with Crippen LogP contribution >= 0.6 is 0 Å². The van der Waals surface area contributed by atoms with Gasteiger partial charge in [0.2, 0.25) is 0 Å². The van der Waals surface area contributed by atoms with Crippen LogP contribution in [0.1, 0.15) is 15.9 Å². The molecule has 1 heterocycles. The van der Waals surface area contributed by atoms with Crippen LogP contribution in [-0.2, 0) is 0 Å². The second-order valence-electron chi connectivity index (χ2n) is 6.20. The minimum absolute atomic E-state index is 0.155. The zero-order valence-corrected chi connectivity index (χ0v) is 14.5. The molecule has 0 aromatic heterocycles. The molecule has 1 aliphatic rings. The van der Waals surface area contributed by atoms with Gasteiger partial charge in [-0.1, -0.05) is 36.4 Å². The second kappa shape index (κ2) is 6.92. The van der Waals surface area contributed by atoms with E-state index in [4.69, 9.17) is 9.47 Å². The van der Waals surface area contributed by atoms with Crippen molar-refractivity contribution in [1.82, 2.24) is 0 Å². The highest BCUT2D eigenvalue weighted by atomic mass is 16.6. The number of rotatable bonds is 3. The number of nitrogens with one attached hydrogen (secondary N) is 1. The van der Waals surface area contributed by atoms with E-state index in [9.17, 15) is 4.79 Å². The van der Waals surface area contributed by atoms with Crippen molar-refractivity contribution in [2.75, 3.05) is 18.5 Å². The Balaban J connectivity index is 1.51. The molecule has 1 N–H and O–H groups in total. The van der Waals surface area contributed by atoms with E-state index in [0.29, 0.717) is 36.0 Å². The Morgan fingerprint density at radius 2 is 1.62 bits per heavy atom. The Morgan fingerprint density at radius 1 is 0.885 bits per heavy atom. The minimum atomic E-state index is -0.155. The van der Waals surface area contributed by atoms with Crippen molar-refractivity contribution in [2.45, 2.75) is 6.92 Å². The summed E-state index contributed by atoms with van der Waals surface area (Å²) in [6.45, 7) is 3.15. The molecule has 130 valence electrons. The summed E-state index contributed by atoms with van der Waals surface area (Å²) in [5.74, 6) is 1.21. The van der Waals surface area contributed by atoms with Crippen LogP contribution in [0, 0.1) is 6.92 Å². The largest absolute Gasteiger partial charge is 0.486 e. The van der Waals surface area contributed by atoms with Gasteiger partial charge in [-0.25, -0.2) is 0 Å². The number of anilines is 1. The number of aryl methyl sites for hydroxylation is 1. The van der Waals surface area contributed by atoms with Crippen LogP contribution in [0.25, 0.3) is 11.1 Å². The highest BCUT2D eigenvalue weighted by Crippen LogP contribution is 2.32. The van der Waals surface area contributed by atoms with Crippen LogP contribution in [0.4, 0.5) is 5.69 Å². The summed E-state index contributed by atoms with van der Waals surface area (Å²) in [5.41, 5.74) is 4.77. The number of ether oxygens (including phenoxy) is 2. The normalized spacial score (nSPS) is 12.5. The SMILES string of the molecule is Cc1ccccc1-c1ccc(C(=O)Nc2ccc3c(c2)OCCO3)cc1. The maximum atomic E-state index is 12.5. The predicted octanol–water partition coefficient (Wildman–Crippen LogP) is 4.69. The lowest BCUT2D eigenvalue weighted by molar-refractivity contribution is 0.102. The van der Waals surface area contributed by atoms with Gasteiger partial charge in [-0.15, -0.1) is 0 Å². The van der Waals surface area contributed by atoms with Gasteiger partial charge in [0.15, 0.2) is 11.5 Å². The number of hydrogen-bond acceptors (Lipinski definition) is 3. The average molecular weight is 345 g/mol. The summed E-state index contributed by atoms with van der Waals surface area (Å²) in [5, 5.41) is 2.90. The van der Waals surface area contributed by atoms with Crippen molar-refractivity contribution in [3.63, 3.8) is 0 Å². The minimum Gasteiger partial charge on any atom is -0.486 e. The zero-order valence-electron chi connectivity index (χ0n) is 14.5. The topological polar surface area (TPSA) is 47.6 Å². The fourth-order valence-corrected chi connectivity index (χ4v) is 3.02. The molecule has 26 heavy (non-hydrogen) atoms. The Morgan fingerprint density at radius 3 is 2.38 bits per heavy atom. The highest BCUT2D eigenvalue weighted by Gasteiger charge is 2.13. The van der Waals surface area contributed by atoms with Gasteiger partial charge in [0.05, 0.1) is 0 Å². The van der Waals surface area contributed by atoms with Gasteiger partial charge in [-0.05, 0) is 47.9 Å². The average Bonchev–Trinajstić information content (AvgIpc) is 2.68. The Bertz CT molecular complexity index is 948. The number of carbonyl (C=O) groups is 1. The summed E-state index contributed by atoms with van der Waals surface area (Å²) in [7, 11) is 0. The summed E-state index contributed by atoms with van der Waals surface area (Å²) < 4.78 is 11.0. The first-order valence-electron chi connectivity index (χ1n) is 8.58. The molecule has 0 radical (unpaired) electrons. The molecular formula is C22H19NO3. The Labute approximate surface area is 152 Å². The fourth-order valence-electron chi connectivity index (χ4n) is 3.02. The summed E-state index contributed by atoms with van der Waals surface area (Å²) >= 11 is 0. The predicted molar refractivity (Wildman–Crippen MR) is 102 cm³/mol. The van der Waals surface area contributed by atoms with Crippen molar-refractivity contribution < 1.29 is 14.3 Å². The third-order valence-electron chi connectivity index (χ3n) is 4.40. The van der Waals surface area contributed by atoms with E-state index in [1.165, 1.54) is 11.1 Å². The van der Waals surface area contributed by atoms with Crippen molar-refractivity contribution in [3.05, 3.63) is 77.9 Å². The van der Waals surface area contributed by atoms with Crippen molar-refractivity contribution in [2.24, 2.45) is 0 Å². The van der Waals surface area contributed by atoms with Gasteiger partial charge in [0, 0.05) is 17.3 Å². The van der Waals surface area contributed by atoms with E-state index in [2.05, 4.69) is 24.4 Å². The van der Waals surface area contributed by atoms with E-state index >= 15 is 0 Å². The van der Waals surface area contributed by atoms with E-state index in [-0.39, 0.29) is 5.91 Å². The van der Waals surface area contributed by atoms with Gasteiger partial charge in [-0.3, -0.25) is 4.79 Å². The third kappa shape index (κ3) is 3.26. The molecular weight excluding hydrogens is 326 g/mol. The Kier molecular flexibility index (Phi) is 4.32. The first-order chi connectivity index (χ1) is 12.7. The molecule has 1 amide bonds. The molecule has 3 aromatic carbocycles. The van der Waals surface area contributed by atoms with Crippen LogP contribution in [0.5, 0.6) is 11.5 Å². The number of fused-ring (bicyclic) bond motifs is 1. The van der Waals surface area contributed by atoms with Crippen LogP contribution in [0.2, 0.25) is 0 Å². The van der Waals surface area contributed by atoms with Gasteiger partial charge >= 0.3 is 0 Å². The van der Waals surface area contributed by atoms with Crippen LogP contribution in [0.3, 0.4) is 0 Å². The number of carbonyl (C=O) groups excluding carboxylic acids is 1. The molecule has 0 aliphatic carbocycles. The monoisotopic (exact) mass is 345 g/mol. The van der Waals surface area contributed by atoms with Crippen molar-refractivity contribution in [3.8, 4) is 22.6 Å². The maximum absolute atomic E-state index is 12.5. The molecule has 0 saturated heterocycles. The molecule has 4 rings (SSSR count). The molecule has 0 spiro atoms. The lowest BCUT2D eigenvalue weighted by Gasteiger charge is -2.19. The molecule has 0 bridgehead atoms. The second-order valence-corrected chi connectivity index (χ2v) is 6.20. The van der Waals surface area contributed by atoms with Crippen LogP contribution in [0.15, 0.2) is 66.7 Å². The van der Waals surface area contributed by atoms with Gasteiger partial charge in [-0.2, -0.15) is 0 Å². The molecule has 0 unspecified atom stereocenters. The number of hydrogen-bond donors (Lipinski definition) is 1. The summed E-state index contributed by atoms with van der Waals surface area (Å²) in [6.07, 6.45) is 0. The summed E-state index contributed by atoms with van der Waals surface area (Å²) in [6, 6.07) is 21.2. The van der Waals surface area contributed by atoms with Crippen molar-refractivity contribution >= 4 is 11.6 Å². The van der Waals surface area contributed by atoms with Crippen LogP contribution < -0.4 is 14.8 Å². The van der Waals surface area contributed by atoms with Gasteiger partial charge < -0.3 is 14.8 Å². The van der Waals surface area contributed by atoms with E-state index in [1.807, 2.05) is 48.5 Å². The van der Waals surface area contributed by atoms with Crippen molar-refractivity contribution in [1.29, 1.82) is 0 Å². The molecule has 0 saturated carbocycles. The summed E-state index contributed by atoms with van der Waals surface area (Å²) in [4.78, 5) is 12.5. The Hall–Kier alpha value is -3.27. The molecule has 0 fully saturated rings. The number of benzene rings is 3. The molecule has 0 atom stereocenters. The lowest BCUT2D eigenvalue weighted by atomic mass is 9.99. The number of amides is 1. The van der Waals surface area contributed by atoms with Gasteiger partial charge in [0.25, 0.3) is 5.91 Å². The maximum Gasteiger partial charge on any atom is 0.255 e. The van der Waals surface area contributed by atoms with E-state index < -0.39 is 0 Å². The zero-order chi connectivity index (χ0) is 17.9. The smallest absolute Gasteiger partial charge is 0.255 e. The van der Waals surface area contributed by atoms with E-state index in [0.717, 1.165) is 5.56 Å². The molecule has 4 heteroatoms. The lowest BCUT2D eigenvalue weighted by Crippen LogP contribution is -2.16. The molecule has 4 nitrogen and oxygen atoms in total. The standard InChI is InChI=1S/C22H19NO3/c1-15-4-2-3-5-19(15)16-6-8-17(9-7-16)22(24)23-18-10-11-20-21(14-18)26-13-12-25-20/h2-11,14H,12-13H2,1H3,(H,23,24). The highest BCUT2D eigenvalue weighted by molar-refractivity contribution is 6.04. The first-order valence-corrected chi connectivity index (χ1v) is 8.58. The first kappa shape index (κ1) is 16.2. The van der Waals surface area contributed by atoms with Gasteiger partial charge in [0.1, 0.15) is 13.2 Å². The quantitative estimate of drug-likeness (QED) is 0.749. The third-order valence-corrected chi connectivity index (χ3v) is 4.40.